The second-order valence-corrected chi connectivity index (χ2v) is 11.8. The van der Waals surface area contributed by atoms with Crippen molar-refractivity contribution in [2.75, 3.05) is 65.1 Å². The average molecular weight is 699 g/mol. The normalized spacial score (nSPS) is 13.6. The molecule has 268 valence electrons. The van der Waals surface area contributed by atoms with Crippen LogP contribution in [-0.4, -0.2) is 106 Å². The molecule has 3 aromatic heterocycles. The summed E-state index contributed by atoms with van der Waals surface area (Å²) in [5, 5.41) is 9.33. The number of amides is 2. The standard InChI is InChI=1S/C36H42N8O7/c1-2-47-24-28(44-25-38-34-35(44)30-5-3-4-6-31(30)39-36(34)37)21-26-7-9-29(10-8-26)51-16-13-42-22-27(40-41-42)23-50-20-19-49-18-17-48-15-14-43-32(45)11-12-33(43)46/h3-12,22,25,28H,2,13-21,23-24H2,1H3,(H2,37,39)/t28-/m0/s1. The minimum absolute atomic E-state index is 0.00181. The van der Waals surface area contributed by atoms with Gasteiger partial charge in [-0.15, -0.1) is 5.10 Å². The molecule has 0 fully saturated rings. The first kappa shape index (κ1) is 35.6. The topological polar surface area (TPSA) is 171 Å². The molecule has 4 heterocycles. The maximum Gasteiger partial charge on any atom is 0.253 e. The number of rotatable bonds is 21. The van der Waals surface area contributed by atoms with Gasteiger partial charge in [-0.1, -0.05) is 35.5 Å². The number of nitrogens with zero attached hydrogens (tertiary/aromatic N) is 7. The first-order valence-electron chi connectivity index (χ1n) is 17.0. The number of ether oxygens (including phenoxy) is 5. The molecular weight excluding hydrogens is 656 g/mol. The molecule has 1 aliphatic rings. The number of para-hydroxylation sites is 1. The van der Waals surface area contributed by atoms with Crippen molar-refractivity contribution >= 4 is 39.6 Å². The number of imide groups is 1. The summed E-state index contributed by atoms with van der Waals surface area (Å²) in [4.78, 5) is 33.3. The highest BCUT2D eigenvalue weighted by atomic mass is 16.5. The molecule has 15 nitrogen and oxygen atoms in total. The molecule has 0 saturated carbocycles. The Labute approximate surface area is 294 Å². The van der Waals surface area contributed by atoms with Crippen LogP contribution in [0.1, 0.15) is 24.2 Å². The molecule has 5 aromatic rings. The Kier molecular flexibility index (Phi) is 12.3. The highest BCUT2D eigenvalue weighted by Gasteiger charge is 2.22. The second-order valence-electron chi connectivity index (χ2n) is 11.8. The van der Waals surface area contributed by atoms with Gasteiger partial charge >= 0.3 is 0 Å². The molecule has 0 radical (unpaired) electrons. The third kappa shape index (κ3) is 9.32. The fourth-order valence-corrected chi connectivity index (χ4v) is 5.73. The monoisotopic (exact) mass is 698 g/mol. The molecular formula is C36H42N8O7. The first-order chi connectivity index (χ1) is 25.0. The lowest BCUT2D eigenvalue weighted by molar-refractivity contribution is -0.137. The zero-order valence-corrected chi connectivity index (χ0v) is 28.6. The number of hydrogen-bond donors (Lipinski definition) is 1. The zero-order chi connectivity index (χ0) is 35.4. The van der Waals surface area contributed by atoms with E-state index in [1.807, 2.05) is 55.8 Å². The fourth-order valence-electron chi connectivity index (χ4n) is 5.73. The number of fused-ring (bicyclic) bond motifs is 3. The quantitative estimate of drug-likeness (QED) is 0.0879. The summed E-state index contributed by atoms with van der Waals surface area (Å²) in [5.41, 5.74) is 10.6. The number of anilines is 1. The number of nitrogen functional groups attached to an aromatic ring is 1. The largest absolute Gasteiger partial charge is 0.492 e. The number of nitrogens with two attached hydrogens (primary N) is 1. The highest BCUT2D eigenvalue weighted by Crippen LogP contribution is 2.30. The molecule has 1 atom stereocenters. The van der Waals surface area contributed by atoms with E-state index in [1.54, 1.807) is 4.68 Å². The molecule has 0 bridgehead atoms. The van der Waals surface area contributed by atoms with Gasteiger partial charge in [0.2, 0.25) is 0 Å². The summed E-state index contributed by atoms with van der Waals surface area (Å²) in [7, 11) is 0. The molecule has 2 amide bonds. The number of carbonyl (C=O) groups is 2. The molecule has 0 spiro atoms. The van der Waals surface area contributed by atoms with Gasteiger partial charge in [0, 0.05) is 24.1 Å². The SMILES string of the molecule is CCOC[C@H](Cc1ccc(OCCn2cc(COCCOCCOCCN3C(=O)C=CC3=O)nn2)cc1)n1cnc2c(N)nc3ccccc3c21. The van der Waals surface area contributed by atoms with Crippen molar-refractivity contribution in [3.8, 4) is 5.75 Å². The van der Waals surface area contributed by atoms with Crippen LogP contribution in [-0.2, 0) is 48.1 Å². The van der Waals surface area contributed by atoms with Gasteiger partial charge in [-0.2, -0.15) is 0 Å². The maximum atomic E-state index is 11.5. The minimum Gasteiger partial charge on any atom is -0.492 e. The first-order valence-corrected chi connectivity index (χ1v) is 17.0. The minimum atomic E-state index is -0.313. The predicted octanol–water partition coefficient (Wildman–Crippen LogP) is 3.13. The lowest BCUT2D eigenvalue weighted by Gasteiger charge is -2.20. The Morgan fingerprint density at radius 2 is 1.59 bits per heavy atom. The third-order valence-electron chi connectivity index (χ3n) is 8.27. The summed E-state index contributed by atoms with van der Waals surface area (Å²) >= 11 is 0. The van der Waals surface area contributed by atoms with E-state index < -0.39 is 0 Å². The van der Waals surface area contributed by atoms with E-state index in [2.05, 4.69) is 37.0 Å². The molecule has 0 aliphatic carbocycles. The number of benzene rings is 2. The summed E-state index contributed by atoms with van der Waals surface area (Å²) < 4.78 is 32.3. The Morgan fingerprint density at radius 3 is 2.37 bits per heavy atom. The fraction of sp³-hybridized carbons (Fsp3) is 0.389. The second kappa shape index (κ2) is 17.6. The molecule has 2 N–H and O–H groups in total. The van der Waals surface area contributed by atoms with Gasteiger partial charge in [0.05, 0.1) is 88.9 Å². The van der Waals surface area contributed by atoms with Crippen LogP contribution in [0.3, 0.4) is 0 Å². The van der Waals surface area contributed by atoms with Gasteiger partial charge < -0.3 is 34.0 Å². The van der Waals surface area contributed by atoms with Crippen LogP contribution in [0.15, 0.2) is 73.2 Å². The van der Waals surface area contributed by atoms with E-state index in [4.69, 9.17) is 29.4 Å². The van der Waals surface area contributed by atoms with Gasteiger partial charge in [0.1, 0.15) is 23.6 Å². The summed E-state index contributed by atoms with van der Waals surface area (Å²) in [6.45, 7) is 6.42. The smallest absolute Gasteiger partial charge is 0.253 e. The summed E-state index contributed by atoms with van der Waals surface area (Å²) in [5.74, 6) is 0.556. The van der Waals surface area contributed by atoms with Crippen LogP contribution in [0.5, 0.6) is 5.75 Å². The van der Waals surface area contributed by atoms with Crippen molar-refractivity contribution in [3.63, 3.8) is 0 Å². The maximum absolute atomic E-state index is 11.5. The zero-order valence-electron chi connectivity index (χ0n) is 28.6. The van der Waals surface area contributed by atoms with Crippen molar-refractivity contribution in [2.24, 2.45) is 0 Å². The Morgan fingerprint density at radius 1 is 0.843 bits per heavy atom. The third-order valence-corrected chi connectivity index (χ3v) is 8.27. The van der Waals surface area contributed by atoms with Crippen LogP contribution >= 0.6 is 0 Å². The average Bonchev–Trinajstić information content (AvgIpc) is 3.87. The Bertz CT molecular complexity index is 1920. The number of aromatic nitrogens is 6. The molecule has 1 aliphatic heterocycles. The van der Waals surface area contributed by atoms with E-state index in [0.29, 0.717) is 76.4 Å². The van der Waals surface area contributed by atoms with Crippen LogP contribution in [0.2, 0.25) is 0 Å². The Balaban J connectivity index is 0.894. The molecule has 0 saturated heterocycles. The molecule has 0 unspecified atom stereocenters. The van der Waals surface area contributed by atoms with E-state index in [9.17, 15) is 9.59 Å². The molecule has 6 rings (SSSR count). The highest BCUT2D eigenvalue weighted by molar-refractivity contribution is 6.12. The van der Waals surface area contributed by atoms with Crippen molar-refractivity contribution < 1.29 is 33.3 Å². The van der Waals surface area contributed by atoms with Crippen LogP contribution in [0, 0.1) is 0 Å². The van der Waals surface area contributed by atoms with Crippen molar-refractivity contribution in [3.05, 3.63) is 84.5 Å². The molecule has 15 heteroatoms. The van der Waals surface area contributed by atoms with Crippen molar-refractivity contribution in [2.45, 2.75) is 32.5 Å². The van der Waals surface area contributed by atoms with Gasteiger partial charge in [-0.3, -0.25) is 14.5 Å². The van der Waals surface area contributed by atoms with E-state index in [0.717, 1.165) is 39.1 Å². The number of carbonyl (C=O) groups excluding carboxylic acids is 2. The van der Waals surface area contributed by atoms with Gasteiger partial charge in [0.25, 0.3) is 11.8 Å². The van der Waals surface area contributed by atoms with Gasteiger partial charge in [-0.25, -0.2) is 14.6 Å². The molecule has 51 heavy (non-hydrogen) atoms. The molecule has 2 aromatic carbocycles. The number of hydrogen-bond acceptors (Lipinski definition) is 12. The summed E-state index contributed by atoms with van der Waals surface area (Å²) in [6, 6.07) is 16.1. The van der Waals surface area contributed by atoms with E-state index >= 15 is 0 Å². The lowest BCUT2D eigenvalue weighted by atomic mass is 10.1. The predicted molar refractivity (Wildman–Crippen MR) is 188 cm³/mol. The number of pyridine rings is 1. The van der Waals surface area contributed by atoms with Gasteiger partial charge in [-0.05, 0) is 37.1 Å². The van der Waals surface area contributed by atoms with Crippen LogP contribution in [0.4, 0.5) is 5.82 Å². The van der Waals surface area contributed by atoms with Crippen molar-refractivity contribution in [1.29, 1.82) is 0 Å². The van der Waals surface area contributed by atoms with E-state index in [-0.39, 0.29) is 31.0 Å². The van der Waals surface area contributed by atoms with Crippen LogP contribution in [0.25, 0.3) is 21.9 Å². The lowest BCUT2D eigenvalue weighted by Crippen LogP contribution is -2.33. The van der Waals surface area contributed by atoms with Crippen molar-refractivity contribution in [1.82, 2.24) is 34.4 Å². The number of imidazole rings is 1. The van der Waals surface area contributed by atoms with Crippen LogP contribution < -0.4 is 10.5 Å². The summed E-state index contributed by atoms with van der Waals surface area (Å²) in [6.07, 6.45) is 6.91. The van der Waals surface area contributed by atoms with Gasteiger partial charge in [0.15, 0.2) is 5.82 Å². The Hall–Kier alpha value is -5.22. The van der Waals surface area contributed by atoms with E-state index in [1.165, 1.54) is 12.2 Å².